The van der Waals surface area contributed by atoms with E-state index in [0.29, 0.717) is 11.3 Å². The summed E-state index contributed by atoms with van der Waals surface area (Å²) in [6.45, 7) is 1.69. The molecule has 1 aromatic carbocycles. The fourth-order valence-corrected chi connectivity index (χ4v) is 3.27. The third-order valence-electron chi connectivity index (χ3n) is 3.31. The fourth-order valence-electron chi connectivity index (χ4n) is 2.20. The Bertz CT molecular complexity index is 513. The van der Waals surface area contributed by atoms with Crippen LogP contribution in [0.15, 0.2) is 18.2 Å². The lowest BCUT2D eigenvalue weighted by molar-refractivity contribution is 0.0696. The van der Waals surface area contributed by atoms with Gasteiger partial charge in [-0.05, 0) is 43.2 Å². The average molecular weight is 294 g/mol. The number of carboxylic acid groups (broad SMARTS) is 1. The van der Waals surface area contributed by atoms with Crippen LogP contribution >= 0.6 is 11.8 Å². The molecule has 5 nitrogen and oxygen atoms in total. The SMILES string of the molecule is Cc1c(NC(=O)NC2CCCSC2)cccc1C(=O)O. The van der Waals surface area contributed by atoms with Crippen LogP contribution in [0.5, 0.6) is 0 Å². The minimum Gasteiger partial charge on any atom is -0.478 e. The number of hydrogen-bond donors (Lipinski definition) is 3. The van der Waals surface area contributed by atoms with E-state index in [1.54, 1.807) is 19.1 Å². The Morgan fingerprint density at radius 1 is 1.40 bits per heavy atom. The summed E-state index contributed by atoms with van der Waals surface area (Å²) < 4.78 is 0. The summed E-state index contributed by atoms with van der Waals surface area (Å²) in [5, 5.41) is 14.7. The predicted molar refractivity (Wildman–Crippen MR) is 80.6 cm³/mol. The largest absolute Gasteiger partial charge is 0.478 e. The lowest BCUT2D eigenvalue weighted by Crippen LogP contribution is -2.41. The van der Waals surface area contributed by atoms with Crippen LogP contribution in [0.4, 0.5) is 10.5 Å². The smallest absolute Gasteiger partial charge is 0.336 e. The Kier molecular flexibility index (Phi) is 4.89. The van der Waals surface area contributed by atoms with Gasteiger partial charge in [0.25, 0.3) is 0 Å². The molecule has 2 amide bonds. The lowest BCUT2D eigenvalue weighted by atomic mass is 10.1. The third-order valence-corrected chi connectivity index (χ3v) is 4.52. The van der Waals surface area contributed by atoms with Crippen molar-refractivity contribution >= 4 is 29.4 Å². The molecule has 0 aliphatic carbocycles. The summed E-state index contributed by atoms with van der Waals surface area (Å²) in [6.07, 6.45) is 2.11. The molecule has 108 valence electrons. The molecule has 0 saturated carbocycles. The van der Waals surface area contributed by atoms with Gasteiger partial charge in [0.05, 0.1) is 5.56 Å². The Labute approximate surface area is 122 Å². The van der Waals surface area contributed by atoms with Crippen LogP contribution in [0.1, 0.15) is 28.8 Å². The number of urea groups is 1. The second-order valence-corrected chi connectivity index (χ2v) is 5.95. The molecule has 1 saturated heterocycles. The van der Waals surface area contributed by atoms with Gasteiger partial charge in [-0.2, -0.15) is 11.8 Å². The Morgan fingerprint density at radius 2 is 2.20 bits per heavy atom. The van der Waals surface area contributed by atoms with Gasteiger partial charge >= 0.3 is 12.0 Å². The maximum atomic E-state index is 11.9. The summed E-state index contributed by atoms with van der Waals surface area (Å²) in [6, 6.07) is 4.78. The zero-order valence-electron chi connectivity index (χ0n) is 11.3. The van der Waals surface area contributed by atoms with Crippen molar-refractivity contribution in [1.82, 2.24) is 5.32 Å². The number of anilines is 1. The molecule has 20 heavy (non-hydrogen) atoms. The molecule has 1 aliphatic heterocycles. The van der Waals surface area contributed by atoms with Crippen molar-refractivity contribution in [3.63, 3.8) is 0 Å². The van der Waals surface area contributed by atoms with Gasteiger partial charge in [-0.15, -0.1) is 0 Å². The number of carbonyl (C=O) groups is 2. The Hall–Kier alpha value is -1.69. The molecule has 2 rings (SSSR count). The van der Waals surface area contributed by atoms with Crippen LogP contribution in [0.2, 0.25) is 0 Å². The number of benzene rings is 1. The van der Waals surface area contributed by atoms with E-state index in [1.165, 1.54) is 6.07 Å². The predicted octanol–water partition coefficient (Wildman–Crippen LogP) is 2.71. The highest BCUT2D eigenvalue weighted by Crippen LogP contribution is 2.20. The van der Waals surface area contributed by atoms with Gasteiger partial charge in [0.1, 0.15) is 0 Å². The van der Waals surface area contributed by atoms with Crippen LogP contribution in [0.25, 0.3) is 0 Å². The summed E-state index contributed by atoms with van der Waals surface area (Å²) in [5.41, 5.74) is 1.30. The normalized spacial score (nSPS) is 18.4. The first-order valence-corrected chi connectivity index (χ1v) is 7.71. The standard InChI is InChI=1S/C14H18N2O3S/c1-9-11(13(17)18)5-2-6-12(9)16-14(19)15-10-4-3-7-20-8-10/h2,5-6,10H,3-4,7-8H2,1H3,(H,17,18)(H2,15,16,19). The molecule has 3 N–H and O–H groups in total. The highest BCUT2D eigenvalue weighted by molar-refractivity contribution is 7.99. The van der Waals surface area contributed by atoms with E-state index < -0.39 is 5.97 Å². The Balaban J connectivity index is 2.00. The molecular formula is C14H18N2O3S. The summed E-state index contributed by atoms with van der Waals surface area (Å²) in [7, 11) is 0. The minimum absolute atomic E-state index is 0.191. The number of aromatic carboxylic acids is 1. The highest BCUT2D eigenvalue weighted by Gasteiger charge is 2.17. The van der Waals surface area contributed by atoms with E-state index in [1.807, 2.05) is 11.8 Å². The summed E-state index contributed by atoms with van der Waals surface area (Å²) in [5.74, 6) is 1.09. The first kappa shape index (κ1) is 14.7. The van der Waals surface area contributed by atoms with Crippen LogP contribution < -0.4 is 10.6 Å². The molecular weight excluding hydrogens is 276 g/mol. The van der Waals surface area contributed by atoms with Gasteiger partial charge in [-0.3, -0.25) is 0 Å². The van der Waals surface area contributed by atoms with Crippen molar-refractivity contribution in [2.24, 2.45) is 0 Å². The molecule has 0 bridgehead atoms. The third kappa shape index (κ3) is 3.66. The number of hydrogen-bond acceptors (Lipinski definition) is 3. The molecule has 1 aromatic rings. The van der Waals surface area contributed by atoms with Gasteiger partial charge in [-0.1, -0.05) is 6.07 Å². The van der Waals surface area contributed by atoms with Gasteiger partial charge < -0.3 is 15.7 Å². The van der Waals surface area contributed by atoms with Crippen molar-refractivity contribution in [2.75, 3.05) is 16.8 Å². The van der Waals surface area contributed by atoms with Crippen molar-refractivity contribution < 1.29 is 14.7 Å². The van der Waals surface area contributed by atoms with Crippen LogP contribution in [0.3, 0.4) is 0 Å². The zero-order valence-corrected chi connectivity index (χ0v) is 12.1. The molecule has 0 radical (unpaired) electrons. The van der Waals surface area contributed by atoms with Crippen LogP contribution in [-0.4, -0.2) is 34.7 Å². The molecule has 6 heteroatoms. The number of thioether (sulfide) groups is 1. The number of carbonyl (C=O) groups excluding carboxylic acids is 1. The molecule has 1 heterocycles. The molecule has 1 atom stereocenters. The lowest BCUT2D eigenvalue weighted by Gasteiger charge is -2.22. The first-order valence-electron chi connectivity index (χ1n) is 6.56. The van der Waals surface area contributed by atoms with Gasteiger partial charge in [0.15, 0.2) is 0 Å². The Morgan fingerprint density at radius 3 is 2.85 bits per heavy atom. The zero-order chi connectivity index (χ0) is 14.5. The second-order valence-electron chi connectivity index (χ2n) is 4.80. The van der Waals surface area contributed by atoms with Gasteiger partial charge in [0, 0.05) is 17.5 Å². The van der Waals surface area contributed by atoms with Gasteiger partial charge in [-0.25, -0.2) is 9.59 Å². The van der Waals surface area contributed by atoms with Crippen LogP contribution in [-0.2, 0) is 0 Å². The molecule has 0 aromatic heterocycles. The molecule has 1 aliphatic rings. The van der Waals surface area contributed by atoms with E-state index in [4.69, 9.17) is 5.11 Å². The first-order chi connectivity index (χ1) is 9.58. The van der Waals surface area contributed by atoms with Crippen molar-refractivity contribution in [3.05, 3.63) is 29.3 Å². The maximum Gasteiger partial charge on any atom is 0.336 e. The number of nitrogens with one attached hydrogen (secondary N) is 2. The highest BCUT2D eigenvalue weighted by atomic mass is 32.2. The fraction of sp³-hybridized carbons (Fsp3) is 0.429. The molecule has 1 unspecified atom stereocenters. The summed E-state index contributed by atoms with van der Waals surface area (Å²) in [4.78, 5) is 23.0. The van der Waals surface area contributed by atoms with E-state index >= 15 is 0 Å². The maximum absolute atomic E-state index is 11.9. The van der Waals surface area contributed by atoms with Crippen molar-refractivity contribution in [3.8, 4) is 0 Å². The number of carboxylic acids is 1. The number of amides is 2. The molecule has 1 fully saturated rings. The van der Waals surface area contributed by atoms with E-state index in [-0.39, 0.29) is 17.6 Å². The minimum atomic E-state index is -0.991. The van der Waals surface area contributed by atoms with E-state index in [9.17, 15) is 9.59 Å². The van der Waals surface area contributed by atoms with E-state index in [0.717, 1.165) is 24.3 Å². The van der Waals surface area contributed by atoms with Crippen LogP contribution in [0, 0.1) is 6.92 Å². The second kappa shape index (κ2) is 6.65. The molecule has 0 spiro atoms. The van der Waals surface area contributed by atoms with E-state index in [2.05, 4.69) is 10.6 Å². The topological polar surface area (TPSA) is 78.4 Å². The van der Waals surface area contributed by atoms with Crippen molar-refractivity contribution in [2.45, 2.75) is 25.8 Å². The number of rotatable bonds is 3. The average Bonchev–Trinajstić information content (AvgIpc) is 2.42. The summed E-state index contributed by atoms with van der Waals surface area (Å²) >= 11 is 1.84. The quantitative estimate of drug-likeness (QED) is 0.801. The monoisotopic (exact) mass is 294 g/mol. The van der Waals surface area contributed by atoms with Gasteiger partial charge in [0.2, 0.25) is 0 Å². The van der Waals surface area contributed by atoms with Crippen molar-refractivity contribution in [1.29, 1.82) is 0 Å².